The fourth-order valence-electron chi connectivity index (χ4n) is 2.10. The minimum absolute atomic E-state index is 0.120. The summed E-state index contributed by atoms with van der Waals surface area (Å²) in [6.07, 6.45) is 0. The first-order valence-corrected chi connectivity index (χ1v) is 9.32. The molecule has 0 fully saturated rings. The van der Waals surface area contributed by atoms with Gasteiger partial charge in [-0.15, -0.1) is 5.10 Å². The number of aromatic nitrogens is 5. The van der Waals surface area contributed by atoms with Gasteiger partial charge in [-0.3, -0.25) is 4.79 Å². The van der Waals surface area contributed by atoms with E-state index >= 15 is 0 Å². The highest BCUT2D eigenvalue weighted by atomic mass is 35.5. The number of halogens is 2. The number of anilines is 1. The van der Waals surface area contributed by atoms with Crippen molar-refractivity contribution in [1.82, 2.24) is 25.2 Å². The zero-order chi connectivity index (χ0) is 18.5. The maximum Gasteiger partial charge on any atom is 0.236 e. The molecule has 3 aromatic rings. The van der Waals surface area contributed by atoms with Gasteiger partial charge in [0.1, 0.15) is 0 Å². The minimum atomic E-state index is -0.264. The summed E-state index contributed by atoms with van der Waals surface area (Å²) in [4.78, 5) is 16.4. The molecule has 0 aliphatic rings. The van der Waals surface area contributed by atoms with E-state index in [-0.39, 0.29) is 22.5 Å². The van der Waals surface area contributed by atoms with E-state index in [1.165, 1.54) is 11.8 Å². The summed E-state index contributed by atoms with van der Waals surface area (Å²) in [5.41, 5.74) is 1.66. The van der Waals surface area contributed by atoms with Crippen molar-refractivity contribution in [2.45, 2.75) is 18.6 Å². The topological polar surface area (TPSA) is 85.6 Å². The third-order valence-electron chi connectivity index (χ3n) is 3.37. The maximum absolute atomic E-state index is 12.2. The lowest BCUT2D eigenvalue weighted by atomic mass is 10.2. The fourth-order valence-corrected chi connectivity index (χ4v) is 3.18. The van der Waals surface area contributed by atoms with Gasteiger partial charge in [0.05, 0.1) is 28.0 Å². The molecule has 1 amide bonds. The summed E-state index contributed by atoms with van der Waals surface area (Å²) in [5.74, 6) is 0.137. The number of nitrogens with one attached hydrogen (secondary N) is 1. The van der Waals surface area contributed by atoms with Crippen LogP contribution < -0.4 is 5.32 Å². The number of nitrogens with zero attached hydrogens (tertiary/aromatic N) is 5. The average Bonchev–Trinajstić information content (AvgIpc) is 3.06. The second-order valence-corrected chi connectivity index (χ2v) is 7.08. The van der Waals surface area contributed by atoms with Gasteiger partial charge in [-0.1, -0.05) is 65.3 Å². The second kappa shape index (κ2) is 8.48. The quantitative estimate of drug-likeness (QED) is 0.628. The number of rotatable bonds is 6. The van der Waals surface area contributed by atoms with Gasteiger partial charge in [0.2, 0.25) is 11.1 Å². The van der Waals surface area contributed by atoms with Gasteiger partial charge in [-0.05, 0) is 29.0 Å². The minimum Gasteiger partial charge on any atom is -0.309 e. The van der Waals surface area contributed by atoms with Crippen molar-refractivity contribution in [2.24, 2.45) is 0 Å². The van der Waals surface area contributed by atoms with Crippen LogP contribution in [0.3, 0.4) is 0 Å². The first kappa shape index (κ1) is 18.6. The van der Waals surface area contributed by atoms with E-state index < -0.39 is 0 Å². The Morgan fingerprint density at radius 3 is 2.77 bits per heavy atom. The molecule has 3 rings (SSSR count). The lowest BCUT2D eigenvalue weighted by Gasteiger charge is -2.08. The summed E-state index contributed by atoms with van der Waals surface area (Å²) in [7, 11) is 0. The lowest BCUT2D eigenvalue weighted by Crippen LogP contribution is -2.16. The van der Waals surface area contributed by atoms with E-state index in [1.54, 1.807) is 17.7 Å². The molecule has 1 aromatic carbocycles. The molecule has 0 spiro atoms. The first-order valence-electron chi connectivity index (χ1n) is 7.58. The number of carbonyl (C=O) groups excluding carboxylic acids is 1. The molecule has 0 radical (unpaired) electrons. The fraction of sp³-hybridized carbons (Fsp3) is 0.188. The van der Waals surface area contributed by atoms with Crippen molar-refractivity contribution < 1.29 is 4.79 Å². The SMILES string of the molecule is Cc1nc(NC(=O)CSc2nnnn2Cc2ccccc2)c(Cl)cc1Cl. The molecule has 2 aromatic heterocycles. The number of thioether (sulfide) groups is 1. The molecular weight excluding hydrogens is 395 g/mol. The molecule has 0 aliphatic carbocycles. The summed E-state index contributed by atoms with van der Waals surface area (Å²) in [6, 6.07) is 11.4. The first-order chi connectivity index (χ1) is 12.5. The highest BCUT2D eigenvalue weighted by molar-refractivity contribution is 7.99. The molecule has 0 atom stereocenters. The molecule has 10 heteroatoms. The van der Waals surface area contributed by atoms with Crippen molar-refractivity contribution in [3.63, 3.8) is 0 Å². The zero-order valence-corrected chi connectivity index (χ0v) is 16.0. The Labute approximate surface area is 164 Å². The second-order valence-electron chi connectivity index (χ2n) is 5.33. The highest BCUT2D eigenvalue weighted by Crippen LogP contribution is 2.26. The number of tetrazole rings is 1. The molecule has 26 heavy (non-hydrogen) atoms. The van der Waals surface area contributed by atoms with Crippen LogP contribution in [0.5, 0.6) is 0 Å². The molecule has 7 nitrogen and oxygen atoms in total. The largest absolute Gasteiger partial charge is 0.309 e. The zero-order valence-electron chi connectivity index (χ0n) is 13.7. The Bertz CT molecular complexity index is 918. The number of carbonyl (C=O) groups is 1. The van der Waals surface area contributed by atoms with Crippen molar-refractivity contribution in [3.8, 4) is 0 Å². The molecule has 0 saturated heterocycles. The molecular formula is C16H14Cl2N6OS. The van der Waals surface area contributed by atoms with E-state index in [0.29, 0.717) is 22.4 Å². The maximum atomic E-state index is 12.2. The van der Waals surface area contributed by atoms with Crippen LogP contribution in [0.1, 0.15) is 11.3 Å². The number of hydrogen-bond acceptors (Lipinski definition) is 6. The van der Waals surface area contributed by atoms with Crippen LogP contribution in [-0.4, -0.2) is 36.9 Å². The number of pyridine rings is 1. The Balaban J connectivity index is 1.60. The van der Waals surface area contributed by atoms with Gasteiger partial charge in [-0.25, -0.2) is 9.67 Å². The van der Waals surface area contributed by atoms with Crippen LogP contribution in [0.25, 0.3) is 0 Å². The van der Waals surface area contributed by atoms with Crippen LogP contribution in [0.4, 0.5) is 5.82 Å². The van der Waals surface area contributed by atoms with Crippen LogP contribution in [-0.2, 0) is 11.3 Å². The van der Waals surface area contributed by atoms with Crippen LogP contribution in [0.2, 0.25) is 10.0 Å². The molecule has 0 unspecified atom stereocenters. The third kappa shape index (κ3) is 4.72. The molecule has 2 heterocycles. The Morgan fingerprint density at radius 1 is 1.23 bits per heavy atom. The van der Waals surface area contributed by atoms with E-state index in [4.69, 9.17) is 23.2 Å². The molecule has 0 aliphatic heterocycles. The summed E-state index contributed by atoms with van der Waals surface area (Å²) in [5, 5.41) is 15.6. The predicted molar refractivity (Wildman–Crippen MR) is 102 cm³/mol. The molecule has 1 N–H and O–H groups in total. The Kier molecular flexibility index (Phi) is 6.08. The predicted octanol–water partition coefficient (Wildman–Crippen LogP) is 3.46. The van der Waals surface area contributed by atoms with Crippen molar-refractivity contribution in [1.29, 1.82) is 0 Å². The smallest absolute Gasteiger partial charge is 0.236 e. The van der Waals surface area contributed by atoms with Gasteiger partial charge in [0.25, 0.3) is 0 Å². The number of benzene rings is 1. The van der Waals surface area contributed by atoms with Crippen LogP contribution in [0.15, 0.2) is 41.6 Å². The number of aryl methyl sites for hydroxylation is 1. The standard InChI is InChI=1S/C16H14Cl2N6OS/c1-10-12(17)7-13(18)15(19-10)20-14(25)9-26-16-21-22-23-24(16)8-11-5-3-2-4-6-11/h2-7H,8-9H2,1H3,(H,19,20,25). The van der Waals surface area contributed by atoms with Gasteiger partial charge in [-0.2, -0.15) is 0 Å². The third-order valence-corrected chi connectivity index (χ3v) is 5.00. The van der Waals surface area contributed by atoms with E-state index in [2.05, 4.69) is 25.8 Å². The normalized spacial score (nSPS) is 10.7. The van der Waals surface area contributed by atoms with Crippen molar-refractivity contribution in [2.75, 3.05) is 11.1 Å². The van der Waals surface area contributed by atoms with Gasteiger partial charge in [0, 0.05) is 0 Å². The van der Waals surface area contributed by atoms with Crippen LogP contribution >= 0.6 is 35.0 Å². The van der Waals surface area contributed by atoms with Gasteiger partial charge < -0.3 is 5.32 Å². The summed E-state index contributed by atoms with van der Waals surface area (Å²) in [6.45, 7) is 2.27. The van der Waals surface area contributed by atoms with E-state index in [1.807, 2.05) is 30.3 Å². The Morgan fingerprint density at radius 2 is 2.00 bits per heavy atom. The van der Waals surface area contributed by atoms with E-state index in [9.17, 15) is 4.79 Å². The average molecular weight is 409 g/mol. The van der Waals surface area contributed by atoms with Crippen molar-refractivity contribution >= 4 is 46.7 Å². The Hall–Kier alpha value is -2.16. The highest BCUT2D eigenvalue weighted by Gasteiger charge is 2.13. The number of hydrogen-bond donors (Lipinski definition) is 1. The monoisotopic (exact) mass is 408 g/mol. The lowest BCUT2D eigenvalue weighted by molar-refractivity contribution is -0.113. The molecule has 0 saturated carbocycles. The summed E-state index contributed by atoms with van der Waals surface area (Å²) >= 11 is 13.2. The number of amides is 1. The summed E-state index contributed by atoms with van der Waals surface area (Å²) < 4.78 is 1.64. The molecule has 0 bridgehead atoms. The molecule has 134 valence electrons. The van der Waals surface area contributed by atoms with Crippen molar-refractivity contribution in [3.05, 3.63) is 57.7 Å². The van der Waals surface area contributed by atoms with Gasteiger partial charge in [0.15, 0.2) is 5.82 Å². The van der Waals surface area contributed by atoms with E-state index in [0.717, 1.165) is 5.56 Å². The van der Waals surface area contributed by atoms with Gasteiger partial charge >= 0.3 is 0 Å². The van der Waals surface area contributed by atoms with Crippen LogP contribution in [0, 0.1) is 6.92 Å².